The minimum Gasteiger partial charge on any atom is -0.493 e. The summed E-state index contributed by atoms with van der Waals surface area (Å²) < 4.78 is 21.4. The van der Waals surface area contributed by atoms with E-state index in [0.29, 0.717) is 28.3 Å². The number of guanidine groups is 1. The van der Waals surface area contributed by atoms with Gasteiger partial charge >= 0.3 is 6.09 Å². The lowest BCUT2D eigenvalue weighted by Gasteiger charge is -2.21. The molecule has 0 bridgehead atoms. The van der Waals surface area contributed by atoms with Crippen molar-refractivity contribution in [1.82, 2.24) is 5.32 Å². The first kappa shape index (κ1) is 36.0. The molecule has 0 spiro atoms. The van der Waals surface area contributed by atoms with Crippen LogP contribution >= 0.6 is 0 Å². The van der Waals surface area contributed by atoms with Gasteiger partial charge in [0.15, 0.2) is 11.5 Å². The number of hydrogen-bond donors (Lipinski definition) is 3. The lowest BCUT2D eigenvalue weighted by atomic mass is 10.0. The minimum atomic E-state index is -0.945. The normalized spacial score (nSPS) is 11.3. The van der Waals surface area contributed by atoms with Gasteiger partial charge in [-0.05, 0) is 87.2 Å². The maximum Gasteiger partial charge on any atom is 0.437 e. The standard InChI is InChI=1S/C37H41N5O7/c1-23-13-18-28(22-29(23)42(38)34(44)26-16-14-25(15-17-26)19-24-11-9-8-10-12-24)39-35(41-36(45)49-37(2,3)4)40-33(43)27-20-30(46-5)32(48-7)31(21-27)47-6/h8-18,20-22H,19,38H2,1-7H3,(H2,39,40,41,43,45). The molecule has 0 aliphatic heterocycles. The molecule has 0 aliphatic carbocycles. The third-order valence-corrected chi connectivity index (χ3v) is 7.16. The fraction of sp³-hybridized carbons (Fsp3) is 0.243. The summed E-state index contributed by atoms with van der Waals surface area (Å²) in [7, 11) is 4.30. The molecule has 0 unspecified atom stereocenters. The number of hydrogen-bond acceptors (Lipinski definition) is 8. The largest absolute Gasteiger partial charge is 0.493 e. The van der Waals surface area contributed by atoms with Crippen molar-refractivity contribution in [2.24, 2.45) is 10.8 Å². The Hall–Kier alpha value is -5.88. The van der Waals surface area contributed by atoms with E-state index in [1.165, 1.54) is 33.5 Å². The van der Waals surface area contributed by atoms with Crippen molar-refractivity contribution in [3.63, 3.8) is 0 Å². The third kappa shape index (κ3) is 9.58. The highest BCUT2D eigenvalue weighted by Crippen LogP contribution is 2.38. The molecule has 0 saturated carbocycles. The fourth-order valence-electron chi connectivity index (χ4n) is 4.78. The molecule has 0 aliphatic rings. The zero-order valence-corrected chi connectivity index (χ0v) is 28.6. The van der Waals surface area contributed by atoms with Crippen LogP contribution in [0, 0.1) is 6.92 Å². The highest BCUT2D eigenvalue weighted by Gasteiger charge is 2.22. The Kier molecular flexibility index (Phi) is 11.6. The van der Waals surface area contributed by atoms with Gasteiger partial charge in [0.2, 0.25) is 11.7 Å². The van der Waals surface area contributed by atoms with E-state index in [-0.39, 0.29) is 23.0 Å². The molecule has 0 aromatic heterocycles. The quantitative estimate of drug-likeness (QED) is 0.0617. The van der Waals surface area contributed by atoms with E-state index in [1.807, 2.05) is 42.5 Å². The summed E-state index contributed by atoms with van der Waals surface area (Å²) in [5.74, 6) is 5.87. The summed E-state index contributed by atoms with van der Waals surface area (Å²) >= 11 is 0. The van der Waals surface area contributed by atoms with E-state index in [4.69, 9.17) is 24.8 Å². The lowest BCUT2D eigenvalue weighted by Crippen LogP contribution is -2.39. The number of aryl methyl sites for hydroxylation is 1. The molecule has 0 fully saturated rings. The van der Waals surface area contributed by atoms with Crippen LogP contribution in [0.4, 0.5) is 16.2 Å². The molecule has 0 atom stereocenters. The first-order chi connectivity index (χ1) is 23.3. The van der Waals surface area contributed by atoms with Crippen LogP contribution in [0.1, 0.15) is 58.2 Å². The predicted molar refractivity (Wildman–Crippen MR) is 189 cm³/mol. The molecule has 49 heavy (non-hydrogen) atoms. The van der Waals surface area contributed by atoms with Crippen molar-refractivity contribution in [3.8, 4) is 17.2 Å². The van der Waals surface area contributed by atoms with Crippen LogP contribution in [0.5, 0.6) is 17.2 Å². The van der Waals surface area contributed by atoms with Crippen LogP contribution in [-0.4, -0.2) is 50.8 Å². The number of anilines is 2. The van der Waals surface area contributed by atoms with E-state index >= 15 is 0 Å². The van der Waals surface area contributed by atoms with Crippen molar-refractivity contribution >= 4 is 35.2 Å². The Bertz CT molecular complexity index is 1810. The summed E-state index contributed by atoms with van der Waals surface area (Å²) in [5.41, 5.74) is 3.37. The topological polar surface area (TPSA) is 154 Å². The van der Waals surface area contributed by atoms with Crippen molar-refractivity contribution in [2.75, 3.05) is 31.7 Å². The van der Waals surface area contributed by atoms with Crippen LogP contribution in [0.15, 0.2) is 89.9 Å². The molecule has 12 nitrogen and oxygen atoms in total. The maximum absolute atomic E-state index is 13.4. The SMILES string of the molecule is COc1cc(C(=O)N/C(=N/C(=O)OC(C)(C)C)Nc2ccc(C)c(N(N)C(=O)c3ccc(Cc4ccccc4)cc3)c2)cc(OC)c1OC. The maximum atomic E-state index is 13.4. The van der Waals surface area contributed by atoms with E-state index in [2.05, 4.69) is 15.6 Å². The van der Waals surface area contributed by atoms with E-state index in [0.717, 1.165) is 22.6 Å². The Balaban J connectivity index is 1.59. The van der Waals surface area contributed by atoms with Gasteiger partial charge in [-0.15, -0.1) is 4.99 Å². The van der Waals surface area contributed by atoms with Crippen LogP contribution in [0.3, 0.4) is 0 Å². The van der Waals surface area contributed by atoms with Crippen molar-refractivity contribution < 1.29 is 33.3 Å². The van der Waals surface area contributed by atoms with Gasteiger partial charge in [0.05, 0.1) is 27.0 Å². The van der Waals surface area contributed by atoms with Gasteiger partial charge in [-0.3, -0.25) is 14.9 Å². The molecule has 4 N–H and O–H groups in total. The number of hydrazine groups is 1. The second kappa shape index (κ2) is 15.8. The number of carbonyl (C=O) groups excluding carboxylic acids is 3. The van der Waals surface area contributed by atoms with Crippen LogP contribution in [-0.2, 0) is 11.2 Å². The molecule has 4 aromatic carbocycles. The van der Waals surface area contributed by atoms with Gasteiger partial charge in [0.1, 0.15) is 5.60 Å². The third-order valence-electron chi connectivity index (χ3n) is 7.16. The molecule has 4 rings (SSSR count). The second-order valence-electron chi connectivity index (χ2n) is 12.0. The number of nitrogens with two attached hydrogens (primary N) is 1. The van der Waals surface area contributed by atoms with Gasteiger partial charge in [-0.2, -0.15) is 0 Å². The van der Waals surface area contributed by atoms with E-state index in [9.17, 15) is 14.4 Å². The van der Waals surface area contributed by atoms with Crippen LogP contribution < -0.4 is 35.7 Å². The zero-order valence-electron chi connectivity index (χ0n) is 28.6. The lowest BCUT2D eigenvalue weighted by molar-refractivity contribution is 0.0603. The zero-order chi connectivity index (χ0) is 35.7. The molecule has 0 radical (unpaired) electrons. The Morgan fingerprint density at radius 1 is 0.796 bits per heavy atom. The average molecular weight is 668 g/mol. The number of nitrogens with zero attached hydrogens (tertiary/aromatic N) is 2. The Labute approximate surface area is 285 Å². The highest BCUT2D eigenvalue weighted by atomic mass is 16.6. The van der Waals surface area contributed by atoms with Crippen LogP contribution in [0.25, 0.3) is 0 Å². The number of carbonyl (C=O) groups is 3. The molecular weight excluding hydrogens is 626 g/mol. The summed E-state index contributed by atoms with van der Waals surface area (Å²) in [5, 5.41) is 6.60. The molecule has 12 heteroatoms. The first-order valence-electron chi connectivity index (χ1n) is 15.3. The molecule has 0 saturated heterocycles. The number of benzene rings is 4. The van der Waals surface area contributed by atoms with Crippen molar-refractivity contribution in [3.05, 3.63) is 113 Å². The number of methoxy groups -OCH3 is 3. The van der Waals surface area contributed by atoms with Gasteiger partial charge in [0.25, 0.3) is 11.8 Å². The number of rotatable bonds is 9. The smallest absolute Gasteiger partial charge is 0.437 e. The van der Waals surface area contributed by atoms with E-state index < -0.39 is 23.5 Å². The molecule has 256 valence electrons. The molecule has 4 aromatic rings. The number of amides is 3. The van der Waals surface area contributed by atoms with Crippen LogP contribution in [0.2, 0.25) is 0 Å². The monoisotopic (exact) mass is 667 g/mol. The number of nitrogens with one attached hydrogen (secondary N) is 2. The number of aliphatic imine (C=N–C) groups is 1. The summed E-state index contributed by atoms with van der Waals surface area (Å²) in [6, 6.07) is 25.3. The van der Waals surface area contributed by atoms with Crippen molar-refractivity contribution in [2.45, 2.75) is 39.7 Å². The summed E-state index contributed by atoms with van der Waals surface area (Å²) in [6.07, 6.45) is -0.212. The van der Waals surface area contributed by atoms with Gasteiger partial charge in [-0.25, -0.2) is 15.6 Å². The molecule has 3 amide bonds. The average Bonchev–Trinajstić information content (AvgIpc) is 3.07. The van der Waals surface area contributed by atoms with Gasteiger partial charge in [-0.1, -0.05) is 48.5 Å². The van der Waals surface area contributed by atoms with Crippen molar-refractivity contribution in [1.29, 1.82) is 0 Å². The predicted octanol–water partition coefficient (Wildman–Crippen LogP) is 6.27. The minimum absolute atomic E-state index is 0.131. The van der Waals surface area contributed by atoms with E-state index in [1.54, 1.807) is 58.0 Å². The second-order valence-corrected chi connectivity index (χ2v) is 12.0. The first-order valence-corrected chi connectivity index (χ1v) is 15.3. The summed E-state index contributed by atoms with van der Waals surface area (Å²) in [4.78, 5) is 43.6. The molecule has 0 heterocycles. The Morgan fingerprint density at radius 2 is 1.41 bits per heavy atom. The van der Waals surface area contributed by atoms with Gasteiger partial charge < -0.3 is 24.3 Å². The number of ether oxygens (including phenoxy) is 4. The summed E-state index contributed by atoms with van der Waals surface area (Å²) in [6.45, 7) is 6.88. The Morgan fingerprint density at radius 3 is 1.98 bits per heavy atom. The van der Waals surface area contributed by atoms with Gasteiger partial charge in [0, 0.05) is 16.8 Å². The molecular formula is C37H41N5O7. The fourth-order valence-corrected chi connectivity index (χ4v) is 4.78. The highest BCUT2D eigenvalue weighted by molar-refractivity contribution is 6.13.